The Kier molecular flexibility index (Phi) is 6.27. The lowest BCUT2D eigenvalue weighted by atomic mass is 9.56. The zero-order valence-corrected chi connectivity index (χ0v) is 18.9. The number of hydrogen-bond acceptors (Lipinski definition) is 4. The van der Waals surface area contributed by atoms with Crippen LogP contribution in [0.25, 0.3) is 0 Å². The molecule has 1 aliphatic heterocycles. The zero-order chi connectivity index (χ0) is 21.3. The van der Waals surface area contributed by atoms with E-state index in [0.717, 1.165) is 0 Å². The summed E-state index contributed by atoms with van der Waals surface area (Å²) < 4.78 is 12.2. The number of anilines is 1. The van der Waals surface area contributed by atoms with Gasteiger partial charge in [-0.05, 0) is 50.3 Å². The third kappa shape index (κ3) is 4.16. The molecular formula is C24H36N2O3. The second-order valence-corrected chi connectivity index (χ2v) is 9.34. The van der Waals surface area contributed by atoms with Crippen LogP contribution in [-0.4, -0.2) is 39.4 Å². The molecule has 2 bridgehead atoms. The van der Waals surface area contributed by atoms with Gasteiger partial charge in [0.25, 0.3) is 0 Å². The maximum Gasteiger partial charge on any atom is 0.407 e. The van der Waals surface area contributed by atoms with Crippen LogP contribution in [0.4, 0.5) is 10.5 Å². The van der Waals surface area contributed by atoms with Crippen LogP contribution in [0.15, 0.2) is 35.9 Å². The highest BCUT2D eigenvalue weighted by Gasteiger charge is 2.54. The molecule has 1 fully saturated rings. The smallest absolute Gasteiger partial charge is 0.407 e. The summed E-state index contributed by atoms with van der Waals surface area (Å²) in [5.74, 6) is 0.918. The van der Waals surface area contributed by atoms with Gasteiger partial charge in [0.2, 0.25) is 0 Å². The third-order valence-corrected chi connectivity index (χ3v) is 6.87. The lowest BCUT2D eigenvalue weighted by Gasteiger charge is -2.55. The van der Waals surface area contributed by atoms with E-state index < -0.39 is 0 Å². The molecule has 160 valence electrons. The van der Waals surface area contributed by atoms with Crippen LogP contribution in [0, 0.1) is 23.2 Å². The first-order chi connectivity index (χ1) is 13.7. The second-order valence-electron chi connectivity index (χ2n) is 9.34. The molecular weight excluding hydrogens is 364 g/mol. The maximum atomic E-state index is 12.1. The lowest BCUT2D eigenvalue weighted by Crippen LogP contribution is -2.55. The molecule has 1 aliphatic carbocycles. The monoisotopic (exact) mass is 400 g/mol. The number of amides is 1. The molecule has 3 rings (SSSR count). The minimum absolute atomic E-state index is 0.0302. The van der Waals surface area contributed by atoms with Gasteiger partial charge in [0.15, 0.2) is 0 Å². The Labute approximate surface area is 175 Å². The van der Waals surface area contributed by atoms with Gasteiger partial charge in [-0.1, -0.05) is 37.6 Å². The van der Waals surface area contributed by atoms with Crippen molar-refractivity contribution in [1.29, 1.82) is 0 Å². The first kappa shape index (κ1) is 21.7. The van der Waals surface area contributed by atoms with Crippen LogP contribution in [0.3, 0.4) is 0 Å². The molecule has 1 heterocycles. The van der Waals surface area contributed by atoms with Crippen molar-refractivity contribution in [2.75, 3.05) is 32.2 Å². The fourth-order valence-electron chi connectivity index (χ4n) is 5.00. The molecule has 1 aromatic rings. The summed E-state index contributed by atoms with van der Waals surface area (Å²) >= 11 is 0. The Morgan fingerprint density at radius 1 is 1.28 bits per heavy atom. The van der Waals surface area contributed by atoms with Gasteiger partial charge in [-0.15, -0.1) is 0 Å². The number of hydrogen-bond donors (Lipinski definition) is 1. The summed E-state index contributed by atoms with van der Waals surface area (Å²) in [4.78, 5) is 14.2. The van der Waals surface area contributed by atoms with Crippen molar-refractivity contribution in [3.63, 3.8) is 0 Å². The van der Waals surface area contributed by atoms with E-state index in [9.17, 15) is 4.79 Å². The first-order valence-electron chi connectivity index (χ1n) is 10.7. The number of allylic oxidation sites excluding steroid dienone is 1. The maximum absolute atomic E-state index is 12.1. The van der Waals surface area contributed by atoms with Crippen LogP contribution in [-0.2, 0) is 9.47 Å². The molecule has 1 amide bonds. The minimum atomic E-state index is -0.349. The van der Waals surface area contributed by atoms with Crippen molar-refractivity contribution in [3.05, 3.63) is 41.5 Å². The van der Waals surface area contributed by atoms with Crippen LogP contribution in [0.2, 0.25) is 0 Å². The first-order valence-corrected chi connectivity index (χ1v) is 10.7. The van der Waals surface area contributed by atoms with Gasteiger partial charge in [-0.3, -0.25) is 0 Å². The van der Waals surface area contributed by atoms with Gasteiger partial charge in [0.1, 0.15) is 6.61 Å². The lowest BCUT2D eigenvalue weighted by molar-refractivity contribution is -0.165. The van der Waals surface area contributed by atoms with Crippen molar-refractivity contribution in [3.8, 4) is 0 Å². The zero-order valence-electron chi connectivity index (χ0n) is 18.9. The molecule has 0 unspecified atom stereocenters. The number of carbonyl (C=O) groups is 1. The quantitative estimate of drug-likeness (QED) is 0.722. The van der Waals surface area contributed by atoms with Gasteiger partial charge in [0, 0.05) is 37.2 Å². The average molecular weight is 401 g/mol. The topological polar surface area (TPSA) is 50.8 Å². The molecule has 5 atom stereocenters. The second kappa shape index (κ2) is 8.39. The summed E-state index contributed by atoms with van der Waals surface area (Å²) in [6, 6.07) is 8.72. The van der Waals surface area contributed by atoms with E-state index in [2.05, 4.69) is 61.3 Å². The number of alkyl carbamates (subject to hydrolysis) is 1. The normalized spacial score (nSPS) is 31.2. The Morgan fingerprint density at radius 3 is 2.52 bits per heavy atom. The van der Waals surface area contributed by atoms with Gasteiger partial charge in [-0.2, -0.15) is 0 Å². The number of ether oxygens (including phenoxy) is 2. The van der Waals surface area contributed by atoms with Crippen LogP contribution < -0.4 is 10.2 Å². The van der Waals surface area contributed by atoms with Crippen molar-refractivity contribution < 1.29 is 14.3 Å². The SMILES string of the molecule is CC1=C[C@@H](C)[C@]2(COC(=O)NC(C)C)CO[C@@H](c3ccc(N(C)C)cc3)[C@H]1[C@H]2C. The molecule has 29 heavy (non-hydrogen) atoms. The highest BCUT2D eigenvalue weighted by atomic mass is 16.6. The number of nitrogens with one attached hydrogen (secondary N) is 1. The summed E-state index contributed by atoms with van der Waals surface area (Å²) in [5.41, 5.74) is 3.56. The molecule has 5 nitrogen and oxygen atoms in total. The Morgan fingerprint density at radius 2 is 1.93 bits per heavy atom. The van der Waals surface area contributed by atoms with Crippen LogP contribution in [0.5, 0.6) is 0 Å². The van der Waals surface area contributed by atoms with Gasteiger partial charge in [-0.25, -0.2) is 4.79 Å². The van der Waals surface area contributed by atoms with Gasteiger partial charge >= 0.3 is 6.09 Å². The number of nitrogens with zero attached hydrogens (tertiary/aromatic N) is 1. The third-order valence-electron chi connectivity index (χ3n) is 6.87. The van der Waals surface area contributed by atoms with E-state index >= 15 is 0 Å². The molecule has 0 radical (unpaired) electrons. The number of rotatable bonds is 5. The van der Waals surface area contributed by atoms with Crippen LogP contribution >= 0.6 is 0 Å². The summed E-state index contributed by atoms with van der Waals surface area (Å²) in [6.07, 6.45) is 2.04. The van der Waals surface area contributed by atoms with E-state index in [1.54, 1.807) is 0 Å². The number of benzene rings is 1. The Hall–Kier alpha value is -2.01. The minimum Gasteiger partial charge on any atom is -0.449 e. The summed E-state index contributed by atoms with van der Waals surface area (Å²) in [7, 11) is 4.10. The molecule has 1 N–H and O–H groups in total. The average Bonchev–Trinajstić information content (AvgIpc) is 2.65. The fourth-order valence-corrected chi connectivity index (χ4v) is 5.00. The molecule has 5 heteroatoms. The van der Waals surface area contributed by atoms with Gasteiger partial charge in [0.05, 0.1) is 12.7 Å². The highest BCUT2D eigenvalue weighted by molar-refractivity contribution is 5.67. The molecule has 1 aromatic carbocycles. The Balaban J connectivity index is 1.83. The summed E-state index contributed by atoms with van der Waals surface area (Å²) in [6.45, 7) is 11.6. The van der Waals surface area contributed by atoms with E-state index in [4.69, 9.17) is 9.47 Å². The van der Waals surface area contributed by atoms with Crippen molar-refractivity contribution >= 4 is 11.8 Å². The summed E-state index contributed by atoms with van der Waals surface area (Å²) in [5, 5.41) is 2.82. The largest absolute Gasteiger partial charge is 0.449 e. The van der Waals surface area contributed by atoms with E-state index in [-0.39, 0.29) is 35.5 Å². The predicted octanol–water partition coefficient (Wildman–Crippen LogP) is 4.79. The van der Waals surface area contributed by atoms with Crippen molar-refractivity contribution in [2.24, 2.45) is 23.2 Å². The van der Waals surface area contributed by atoms with Crippen LogP contribution in [0.1, 0.15) is 46.3 Å². The van der Waals surface area contributed by atoms with E-state index in [1.165, 1.54) is 16.8 Å². The molecule has 0 aromatic heterocycles. The molecule has 2 aliphatic rings. The standard InChI is InChI=1S/C24H36N2O3/c1-15(2)25-23(27)29-14-24-13-28-22(19-8-10-20(11-9-19)26(6)7)21(18(24)5)16(3)12-17(24)4/h8-12,15,17-18,21-22H,13-14H2,1-7H3,(H,25,27)/t17-,18-,21-,22+,24-/m1/s1. The fraction of sp³-hybridized carbons (Fsp3) is 0.625. The molecule has 1 saturated heterocycles. The number of fused-ring (bicyclic) bond motifs is 2. The number of carbonyl (C=O) groups excluding carboxylic acids is 1. The van der Waals surface area contributed by atoms with E-state index in [1.807, 2.05) is 27.9 Å². The Bertz CT molecular complexity index is 756. The van der Waals surface area contributed by atoms with Crippen molar-refractivity contribution in [2.45, 2.75) is 46.8 Å². The molecule has 0 spiro atoms. The van der Waals surface area contributed by atoms with Crippen molar-refractivity contribution in [1.82, 2.24) is 5.32 Å². The van der Waals surface area contributed by atoms with E-state index in [0.29, 0.717) is 19.1 Å². The predicted molar refractivity (Wildman–Crippen MR) is 117 cm³/mol. The van der Waals surface area contributed by atoms with Gasteiger partial charge < -0.3 is 19.7 Å². The molecule has 0 saturated carbocycles. The highest BCUT2D eigenvalue weighted by Crippen LogP contribution is 2.56.